The SMILES string of the molecule is CNC(=O)/C=C/c1ccc(CN([11CH3])CC23CC4CCC(CC(C4)C2)C3)cc1. The average molecular weight is 366 g/mol. The molecule has 4 aliphatic rings. The van der Waals surface area contributed by atoms with Crippen LogP contribution in [0.5, 0.6) is 0 Å². The molecule has 0 saturated heterocycles. The molecule has 1 N–H and O–H groups in total. The Morgan fingerprint density at radius 3 is 2.37 bits per heavy atom. The van der Waals surface area contributed by atoms with Crippen molar-refractivity contribution < 1.29 is 4.79 Å². The predicted molar refractivity (Wildman–Crippen MR) is 111 cm³/mol. The van der Waals surface area contributed by atoms with Gasteiger partial charge in [0.2, 0.25) is 5.91 Å². The molecule has 0 spiro atoms. The summed E-state index contributed by atoms with van der Waals surface area (Å²) in [6, 6.07) is 8.62. The lowest BCUT2D eigenvalue weighted by atomic mass is 9.58. The van der Waals surface area contributed by atoms with Crippen LogP contribution in [0.3, 0.4) is 0 Å². The normalized spacial score (nSPS) is 32.2. The summed E-state index contributed by atoms with van der Waals surface area (Å²) in [5.41, 5.74) is 3.03. The van der Waals surface area contributed by atoms with Crippen LogP contribution in [0.2, 0.25) is 0 Å². The molecule has 0 aromatic heterocycles. The monoisotopic (exact) mass is 365 g/mol. The molecule has 146 valence electrons. The highest BCUT2D eigenvalue weighted by molar-refractivity contribution is 5.91. The van der Waals surface area contributed by atoms with Gasteiger partial charge < -0.3 is 10.2 Å². The standard InChI is InChI=1S/C24H34N2O/c1-25-23(27)10-9-18-3-5-19(6-4-18)16-26(2)17-24-13-20-7-8-21(14-24)12-22(11-20)15-24/h3-6,9-10,20-22H,7-8,11-17H2,1-2H3,(H,25,27)/b10-9+/i2-1. The lowest BCUT2D eigenvalue weighted by molar-refractivity contribution is -0.115. The Labute approximate surface area is 164 Å². The van der Waals surface area contributed by atoms with E-state index in [1.807, 2.05) is 6.08 Å². The van der Waals surface area contributed by atoms with Crippen LogP contribution in [0.1, 0.15) is 56.1 Å². The van der Waals surface area contributed by atoms with E-state index in [0.29, 0.717) is 5.41 Å². The zero-order valence-corrected chi connectivity index (χ0v) is 16.9. The Balaban J connectivity index is 1.36. The highest BCUT2D eigenvalue weighted by Gasteiger charge is 2.48. The van der Waals surface area contributed by atoms with Crippen molar-refractivity contribution in [1.82, 2.24) is 10.2 Å². The Bertz CT molecular complexity index is 677. The fourth-order valence-electron chi connectivity index (χ4n) is 6.49. The summed E-state index contributed by atoms with van der Waals surface area (Å²) < 4.78 is 0. The lowest BCUT2D eigenvalue weighted by Gasteiger charge is -2.50. The molecule has 5 rings (SSSR count). The molecule has 0 aliphatic heterocycles. The Morgan fingerprint density at radius 1 is 1.11 bits per heavy atom. The van der Waals surface area contributed by atoms with E-state index in [1.165, 1.54) is 57.1 Å². The fourth-order valence-corrected chi connectivity index (χ4v) is 6.49. The second-order valence-corrected chi connectivity index (χ2v) is 9.62. The van der Waals surface area contributed by atoms with Gasteiger partial charge in [-0.15, -0.1) is 0 Å². The molecule has 4 aliphatic carbocycles. The first-order valence-electron chi connectivity index (χ1n) is 10.7. The van der Waals surface area contributed by atoms with Crippen LogP contribution in [0.4, 0.5) is 0 Å². The molecule has 27 heavy (non-hydrogen) atoms. The number of benzene rings is 1. The van der Waals surface area contributed by atoms with Crippen molar-refractivity contribution in [2.75, 3.05) is 20.6 Å². The summed E-state index contributed by atoms with van der Waals surface area (Å²) in [6.45, 7) is 2.27. The number of likely N-dealkylation sites (N-methyl/N-ethyl adjacent to an activating group) is 1. The molecule has 3 heteroatoms. The van der Waals surface area contributed by atoms with Crippen LogP contribution < -0.4 is 5.32 Å². The fraction of sp³-hybridized carbons (Fsp3) is 0.625. The maximum absolute atomic E-state index is 11.3. The minimum Gasteiger partial charge on any atom is -0.356 e. The molecule has 0 radical (unpaired) electrons. The third kappa shape index (κ3) is 4.45. The van der Waals surface area contributed by atoms with Crippen molar-refractivity contribution in [2.24, 2.45) is 23.2 Å². The van der Waals surface area contributed by atoms with Gasteiger partial charge in [0.25, 0.3) is 0 Å². The van der Waals surface area contributed by atoms with Crippen molar-refractivity contribution in [2.45, 2.75) is 51.5 Å². The Kier molecular flexibility index (Phi) is 5.41. The van der Waals surface area contributed by atoms with E-state index in [2.05, 4.69) is 41.5 Å². The topological polar surface area (TPSA) is 32.3 Å². The van der Waals surface area contributed by atoms with Gasteiger partial charge >= 0.3 is 0 Å². The zero-order valence-electron chi connectivity index (χ0n) is 16.9. The number of nitrogens with one attached hydrogen (secondary N) is 1. The maximum Gasteiger partial charge on any atom is 0.243 e. The molecular formula is C24H34N2O. The molecule has 4 bridgehead atoms. The molecule has 4 saturated carbocycles. The van der Waals surface area contributed by atoms with Gasteiger partial charge in [-0.1, -0.05) is 37.1 Å². The molecule has 2 unspecified atom stereocenters. The van der Waals surface area contributed by atoms with E-state index >= 15 is 0 Å². The number of carbonyl (C=O) groups excluding carboxylic acids is 1. The largest absolute Gasteiger partial charge is 0.356 e. The summed E-state index contributed by atoms with van der Waals surface area (Å²) in [5, 5.41) is 2.61. The summed E-state index contributed by atoms with van der Waals surface area (Å²) in [6.07, 6.45) is 13.9. The van der Waals surface area contributed by atoms with Gasteiger partial charge in [0.1, 0.15) is 0 Å². The maximum atomic E-state index is 11.3. The van der Waals surface area contributed by atoms with Crippen LogP contribution in [0, 0.1) is 23.2 Å². The van der Waals surface area contributed by atoms with Gasteiger partial charge in [0.05, 0.1) is 0 Å². The quantitative estimate of drug-likeness (QED) is 0.754. The highest BCUT2D eigenvalue weighted by Crippen LogP contribution is 2.57. The van der Waals surface area contributed by atoms with Gasteiger partial charge in [0.15, 0.2) is 0 Å². The molecular weight excluding hydrogens is 331 g/mol. The number of fused-ring (bicyclic) bond motifs is 1. The smallest absolute Gasteiger partial charge is 0.243 e. The van der Waals surface area contributed by atoms with E-state index in [-0.39, 0.29) is 5.91 Å². The van der Waals surface area contributed by atoms with Gasteiger partial charge in [-0.05, 0) is 79.5 Å². The van der Waals surface area contributed by atoms with Crippen molar-refractivity contribution in [3.63, 3.8) is 0 Å². The molecule has 1 aromatic rings. The third-order valence-corrected chi connectivity index (χ3v) is 7.19. The second-order valence-electron chi connectivity index (χ2n) is 9.62. The number of nitrogens with zero attached hydrogens (tertiary/aromatic N) is 1. The highest BCUT2D eigenvalue weighted by atomic mass is 16.1. The average Bonchev–Trinajstić information content (AvgIpc) is 2.85. The van der Waals surface area contributed by atoms with Gasteiger partial charge in [-0.25, -0.2) is 0 Å². The summed E-state index contributed by atoms with van der Waals surface area (Å²) in [7, 11) is 3.95. The van der Waals surface area contributed by atoms with Gasteiger partial charge in [-0.2, -0.15) is 0 Å². The van der Waals surface area contributed by atoms with Crippen LogP contribution in [0.15, 0.2) is 30.3 Å². The molecule has 4 fully saturated rings. The van der Waals surface area contributed by atoms with Gasteiger partial charge in [-0.3, -0.25) is 4.79 Å². The van der Waals surface area contributed by atoms with Crippen LogP contribution >= 0.6 is 0 Å². The molecule has 1 amide bonds. The molecule has 1 aromatic carbocycles. The number of hydrogen-bond acceptors (Lipinski definition) is 2. The van der Waals surface area contributed by atoms with Crippen LogP contribution in [-0.2, 0) is 11.3 Å². The van der Waals surface area contributed by atoms with Crippen molar-refractivity contribution in [3.8, 4) is 0 Å². The van der Waals surface area contributed by atoms with Crippen molar-refractivity contribution >= 4 is 12.0 Å². The van der Waals surface area contributed by atoms with E-state index in [0.717, 1.165) is 29.9 Å². The number of amides is 1. The summed E-state index contributed by atoms with van der Waals surface area (Å²) in [4.78, 5) is 13.9. The lowest BCUT2D eigenvalue weighted by Crippen LogP contribution is -2.44. The van der Waals surface area contributed by atoms with Crippen molar-refractivity contribution in [1.29, 1.82) is 0 Å². The van der Waals surface area contributed by atoms with Crippen LogP contribution in [-0.4, -0.2) is 31.4 Å². The number of rotatable bonds is 6. The molecule has 3 nitrogen and oxygen atoms in total. The predicted octanol–water partition coefficient (Wildman–Crippen LogP) is 4.48. The summed E-state index contributed by atoms with van der Waals surface area (Å²) >= 11 is 0. The first-order chi connectivity index (χ1) is 13.0. The van der Waals surface area contributed by atoms with E-state index in [4.69, 9.17) is 0 Å². The minimum absolute atomic E-state index is 0.0645. The number of hydrogen-bond donors (Lipinski definition) is 1. The van der Waals surface area contributed by atoms with E-state index in [9.17, 15) is 4.79 Å². The molecule has 2 atom stereocenters. The van der Waals surface area contributed by atoms with E-state index < -0.39 is 0 Å². The summed E-state index contributed by atoms with van der Waals surface area (Å²) in [5.74, 6) is 2.97. The van der Waals surface area contributed by atoms with Gasteiger partial charge in [0, 0.05) is 26.2 Å². The van der Waals surface area contributed by atoms with Crippen LogP contribution in [0.25, 0.3) is 6.08 Å². The zero-order chi connectivity index (χ0) is 18.9. The number of carbonyl (C=O) groups is 1. The van der Waals surface area contributed by atoms with E-state index in [1.54, 1.807) is 13.1 Å². The third-order valence-electron chi connectivity index (χ3n) is 7.19. The van der Waals surface area contributed by atoms with Crippen molar-refractivity contribution in [3.05, 3.63) is 41.5 Å². The minimum atomic E-state index is -0.0645. The Morgan fingerprint density at radius 2 is 1.74 bits per heavy atom. The first kappa shape index (κ1) is 18.7. The molecule has 0 heterocycles. The Hall–Kier alpha value is -1.61. The first-order valence-corrected chi connectivity index (χ1v) is 10.7. The second kappa shape index (κ2) is 7.79.